The van der Waals surface area contributed by atoms with Gasteiger partial charge in [0.2, 0.25) is 10.0 Å². The Hall–Kier alpha value is -1.60. The molecular formula is C19H19Br2N3O3S. The molecule has 1 fully saturated rings. The molecule has 28 heavy (non-hydrogen) atoms. The summed E-state index contributed by atoms with van der Waals surface area (Å²) in [6, 6.07) is 12.2. The van der Waals surface area contributed by atoms with Crippen molar-refractivity contribution in [3.63, 3.8) is 0 Å². The molecule has 0 spiro atoms. The highest BCUT2D eigenvalue weighted by atomic mass is 79.9. The van der Waals surface area contributed by atoms with Crippen LogP contribution in [0.3, 0.4) is 0 Å². The van der Waals surface area contributed by atoms with Crippen molar-refractivity contribution in [2.75, 3.05) is 20.2 Å². The van der Waals surface area contributed by atoms with Gasteiger partial charge in [0, 0.05) is 34.6 Å². The van der Waals surface area contributed by atoms with E-state index in [1.165, 1.54) is 11.4 Å². The van der Waals surface area contributed by atoms with E-state index in [0.717, 1.165) is 10.0 Å². The highest BCUT2D eigenvalue weighted by molar-refractivity contribution is 9.10. The molecule has 1 saturated heterocycles. The molecule has 9 heteroatoms. The highest BCUT2D eigenvalue weighted by Gasteiger charge is 2.37. The first-order chi connectivity index (χ1) is 13.4. The minimum absolute atomic E-state index is 0.104. The Balaban J connectivity index is 2.07. The molecule has 1 aliphatic heterocycles. The van der Waals surface area contributed by atoms with Crippen LogP contribution in [-0.2, 0) is 16.6 Å². The van der Waals surface area contributed by atoms with Crippen LogP contribution in [-0.4, -0.2) is 43.9 Å². The fourth-order valence-corrected chi connectivity index (χ4v) is 5.98. The molecule has 0 N–H and O–H groups in total. The lowest BCUT2D eigenvalue weighted by molar-refractivity contribution is 0.311. The predicted molar refractivity (Wildman–Crippen MR) is 113 cm³/mol. The van der Waals surface area contributed by atoms with Crippen molar-refractivity contribution in [2.45, 2.75) is 23.9 Å². The molecule has 0 bridgehead atoms. The van der Waals surface area contributed by atoms with Gasteiger partial charge in [0.15, 0.2) is 6.19 Å². The Bertz CT molecular complexity index is 1010. The molecule has 1 heterocycles. The van der Waals surface area contributed by atoms with Gasteiger partial charge in [-0.3, -0.25) is 0 Å². The summed E-state index contributed by atoms with van der Waals surface area (Å²) in [5.41, 5.74) is 0.857. The third-order valence-electron chi connectivity index (χ3n) is 4.71. The lowest BCUT2D eigenvalue weighted by Gasteiger charge is -2.29. The number of sulfonamides is 1. The first kappa shape index (κ1) is 21.1. The summed E-state index contributed by atoms with van der Waals surface area (Å²) in [5.74, 6) is 0.287. The molecule has 1 atom stereocenters. The number of benzene rings is 2. The SMILES string of the molecule is COc1ccc(Br)cc1S(=O)(=O)N(Cc1ccccc1Br)C1CCN(C#N)C1. The quantitative estimate of drug-likeness (QED) is 0.530. The minimum atomic E-state index is -3.87. The minimum Gasteiger partial charge on any atom is -0.495 e. The Kier molecular flexibility index (Phi) is 6.65. The summed E-state index contributed by atoms with van der Waals surface area (Å²) in [5, 5.41) is 9.21. The zero-order chi connectivity index (χ0) is 20.3. The summed E-state index contributed by atoms with van der Waals surface area (Å²) in [6.07, 6.45) is 2.71. The van der Waals surface area contributed by atoms with Crippen LogP contribution < -0.4 is 4.74 Å². The molecule has 1 unspecified atom stereocenters. The lowest BCUT2D eigenvalue weighted by Crippen LogP contribution is -2.41. The number of nitrogens with zero attached hydrogens (tertiary/aromatic N) is 3. The Labute approximate surface area is 182 Å². The van der Waals surface area contributed by atoms with E-state index in [0.29, 0.717) is 24.0 Å². The van der Waals surface area contributed by atoms with Gasteiger partial charge in [0.25, 0.3) is 0 Å². The van der Waals surface area contributed by atoms with Gasteiger partial charge in [-0.15, -0.1) is 0 Å². The number of hydrogen-bond donors (Lipinski definition) is 0. The van der Waals surface area contributed by atoms with E-state index in [4.69, 9.17) is 4.74 Å². The van der Waals surface area contributed by atoms with Crippen LogP contribution in [0.25, 0.3) is 0 Å². The normalized spacial score (nSPS) is 17.0. The van der Waals surface area contributed by atoms with Crippen molar-refractivity contribution in [1.29, 1.82) is 5.26 Å². The third kappa shape index (κ3) is 4.35. The van der Waals surface area contributed by atoms with Crippen molar-refractivity contribution < 1.29 is 13.2 Å². The number of rotatable bonds is 6. The lowest BCUT2D eigenvalue weighted by atomic mass is 10.2. The van der Waals surface area contributed by atoms with Crippen LogP contribution in [0.2, 0.25) is 0 Å². The summed E-state index contributed by atoms with van der Waals surface area (Å²) in [6.45, 7) is 1.11. The maximum Gasteiger partial charge on any atom is 0.247 e. The molecule has 0 saturated carbocycles. The van der Waals surface area contributed by atoms with Crippen LogP contribution in [0, 0.1) is 11.5 Å². The highest BCUT2D eigenvalue weighted by Crippen LogP contribution is 2.34. The average Bonchev–Trinajstić information content (AvgIpc) is 3.16. The van der Waals surface area contributed by atoms with Gasteiger partial charge in [-0.1, -0.05) is 50.1 Å². The van der Waals surface area contributed by atoms with Gasteiger partial charge in [-0.25, -0.2) is 8.42 Å². The van der Waals surface area contributed by atoms with Crippen LogP contribution in [0.5, 0.6) is 5.75 Å². The second-order valence-corrected chi connectivity index (χ2v) is 10.1. The number of halogens is 2. The monoisotopic (exact) mass is 527 g/mol. The van der Waals surface area contributed by atoms with Gasteiger partial charge < -0.3 is 9.64 Å². The van der Waals surface area contributed by atoms with Gasteiger partial charge in [-0.2, -0.15) is 9.57 Å². The van der Waals surface area contributed by atoms with Crippen molar-refractivity contribution >= 4 is 41.9 Å². The fourth-order valence-electron chi connectivity index (χ4n) is 3.25. The molecule has 2 aromatic rings. The van der Waals surface area contributed by atoms with Crippen LogP contribution >= 0.6 is 31.9 Å². The molecule has 0 aromatic heterocycles. The molecule has 3 rings (SSSR count). The fraction of sp³-hybridized carbons (Fsp3) is 0.316. The van der Waals surface area contributed by atoms with Crippen molar-refractivity contribution in [2.24, 2.45) is 0 Å². The largest absolute Gasteiger partial charge is 0.495 e. The smallest absolute Gasteiger partial charge is 0.247 e. The van der Waals surface area contributed by atoms with Crippen LogP contribution in [0.1, 0.15) is 12.0 Å². The Morgan fingerprint density at radius 1 is 1.29 bits per heavy atom. The molecule has 1 aliphatic rings. The van der Waals surface area contributed by atoms with E-state index in [1.807, 2.05) is 24.3 Å². The maximum absolute atomic E-state index is 13.7. The second-order valence-electron chi connectivity index (χ2n) is 6.43. The third-order valence-corrected chi connectivity index (χ3v) is 7.89. The van der Waals surface area contributed by atoms with Gasteiger partial charge in [0.1, 0.15) is 10.6 Å². The van der Waals surface area contributed by atoms with E-state index >= 15 is 0 Å². The number of likely N-dealkylation sites (tertiary alicyclic amines) is 1. The molecule has 148 valence electrons. The first-order valence-electron chi connectivity index (χ1n) is 8.60. The standard InChI is InChI=1S/C19H19Br2N3O3S/c1-27-18-7-6-15(20)10-19(18)28(25,26)24(16-8-9-23(12-16)13-22)11-14-4-2-3-5-17(14)21/h2-7,10,16H,8-9,11-12H2,1H3. The van der Waals surface area contributed by atoms with E-state index in [-0.39, 0.29) is 23.2 Å². The van der Waals surface area contributed by atoms with Crippen LogP contribution in [0.15, 0.2) is 56.3 Å². The predicted octanol–water partition coefficient (Wildman–Crippen LogP) is 3.97. The van der Waals surface area contributed by atoms with Crippen LogP contribution in [0.4, 0.5) is 0 Å². The molecule has 6 nitrogen and oxygen atoms in total. The van der Waals surface area contributed by atoms with Crippen molar-refractivity contribution in [3.8, 4) is 11.9 Å². The summed E-state index contributed by atoms with van der Waals surface area (Å²) in [4.78, 5) is 1.69. The van der Waals surface area contributed by atoms with E-state index < -0.39 is 10.0 Å². The van der Waals surface area contributed by atoms with Gasteiger partial charge in [-0.05, 0) is 36.2 Å². The van der Waals surface area contributed by atoms with Gasteiger partial charge in [0.05, 0.1) is 7.11 Å². The van der Waals surface area contributed by atoms with E-state index in [9.17, 15) is 13.7 Å². The second kappa shape index (κ2) is 8.82. The summed E-state index contributed by atoms with van der Waals surface area (Å²) in [7, 11) is -2.42. The molecule has 2 aromatic carbocycles. The zero-order valence-electron chi connectivity index (χ0n) is 15.2. The topological polar surface area (TPSA) is 73.6 Å². The van der Waals surface area contributed by atoms with E-state index in [2.05, 4.69) is 38.1 Å². The van der Waals surface area contributed by atoms with Gasteiger partial charge >= 0.3 is 0 Å². The first-order valence-corrected chi connectivity index (χ1v) is 11.6. The Morgan fingerprint density at radius 2 is 2.04 bits per heavy atom. The molecule has 0 aliphatic carbocycles. The number of hydrogen-bond acceptors (Lipinski definition) is 5. The zero-order valence-corrected chi connectivity index (χ0v) is 19.2. The molecular weight excluding hydrogens is 510 g/mol. The average molecular weight is 529 g/mol. The van der Waals surface area contributed by atoms with E-state index in [1.54, 1.807) is 23.1 Å². The summed E-state index contributed by atoms with van der Waals surface area (Å²) >= 11 is 6.86. The molecule has 0 amide bonds. The Morgan fingerprint density at radius 3 is 2.68 bits per heavy atom. The number of nitriles is 1. The van der Waals surface area contributed by atoms with Crippen molar-refractivity contribution in [1.82, 2.24) is 9.21 Å². The molecule has 0 radical (unpaired) electrons. The van der Waals surface area contributed by atoms with Crippen molar-refractivity contribution in [3.05, 3.63) is 57.0 Å². The number of methoxy groups -OCH3 is 1. The maximum atomic E-state index is 13.7. The summed E-state index contributed by atoms with van der Waals surface area (Å²) < 4.78 is 35.6. The number of ether oxygens (including phenoxy) is 1.